The first kappa shape index (κ1) is 19.6. The zero-order valence-corrected chi connectivity index (χ0v) is 16.5. The number of aromatic nitrogens is 4. The van der Waals surface area contributed by atoms with Crippen LogP contribution in [0.3, 0.4) is 0 Å². The molecule has 8 heteroatoms. The molecule has 3 aromatic rings. The van der Waals surface area contributed by atoms with E-state index in [0.717, 1.165) is 16.9 Å². The molecule has 0 amide bonds. The Kier molecular flexibility index (Phi) is 5.60. The molecule has 0 saturated carbocycles. The highest BCUT2D eigenvalue weighted by atomic mass is 16.5. The minimum absolute atomic E-state index is 0.401. The molecule has 0 aliphatic carbocycles. The van der Waals surface area contributed by atoms with Gasteiger partial charge in [0.05, 0.1) is 11.3 Å². The molecule has 29 heavy (non-hydrogen) atoms. The quantitative estimate of drug-likeness (QED) is 0.491. The van der Waals surface area contributed by atoms with Crippen molar-refractivity contribution in [1.82, 2.24) is 19.5 Å². The van der Waals surface area contributed by atoms with E-state index < -0.39 is 0 Å². The third-order valence-corrected chi connectivity index (χ3v) is 4.28. The number of rotatable bonds is 7. The van der Waals surface area contributed by atoms with E-state index in [0.29, 0.717) is 28.8 Å². The zero-order chi connectivity index (χ0) is 21.0. The van der Waals surface area contributed by atoms with Gasteiger partial charge in [0, 0.05) is 39.2 Å². The number of nitrogens with one attached hydrogen (secondary N) is 1. The standard InChI is InChI=1S/C21H21N7O/c1-14(27(4)20-18(23-3)11-16(12-22)13-25-20)8-9-15(2)29-21-26-17-7-6-10-24-19(17)28(21)5/h6-11,13,23H,1-2H2,3-5H3/b9-8-. The number of fused-ring (bicyclic) bond motifs is 1. The van der Waals surface area contributed by atoms with Crippen molar-refractivity contribution in [1.29, 1.82) is 5.26 Å². The first-order valence-corrected chi connectivity index (χ1v) is 8.77. The van der Waals surface area contributed by atoms with Crippen molar-refractivity contribution in [3.8, 4) is 12.1 Å². The van der Waals surface area contributed by atoms with Gasteiger partial charge in [-0.1, -0.05) is 13.2 Å². The maximum atomic E-state index is 9.03. The van der Waals surface area contributed by atoms with Gasteiger partial charge in [0.15, 0.2) is 11.5 Å². The Bertz CT molecular complexity index is 1150. The molecule has 0 spiro atoms. The van der Waals surface area contributed by atoms with Crippen LogP contribution in [0.4, 0.5) is 11.5 Å². The van der Waals surface area contributed by atoms with Crippen LogP contribution in [-0.2, 0) is 7.05 Å². The number of allylic oxidation sites excluding steroid dienone is 2. The average molecular weight is 387 g/mol. The van der Waals surface area contributed by atoms with Gasteiger partial charge in [0.1, 0.15) is 17.3 Å². The molecule has 0 aliphatic heterocycles. The summed E-state index contributed by atoms with van der Waals surface area (Å²) in [7, 11) is 5.44. The predicted octanol–water partition coefficient (Wildman–Crippen LogP) is 3.38. The molecular formula is C21H21N7O. The van der Waals surface area contributed by atoms with Crippen LogP contribution in [0.5, 0.6) is 6.01 Å². The fraction of sp³-hybridized carbons (Fsp3) is 0.143. The number of likely N-dealkylation sites (N-methyl/N-ethyl adjacent to an activating group) is 1. The molecule has 3 aromatic heterocycles. The lowest BCUT2D eigenvalue weighted by molar-refractivity contribution is 0.397. The molecule has 3 heterocycles. The normalized spacial score (nSPS) is 10.7. The average Bonchev–Trinajstić information content (AvgIpc) is 3.06. The second-order valence-corrected chi connectivity index (χ2v) is 6.21. The Labute approximate surface area is 169 Å². The first-order valence-electron chi connectivity index (χ1n) is 8.77. The Balaban J connectivity index is 1.72. The lowest BCUT2D eigenvalue weighted by Gasteiger charge is -2.21. The van der Waals surface area contributed by atoms with E-state index in [1.165, 1.54) is 6.20 Å². The largest absolute Gasteiger partial charge is 0.426 e. The Morgan fingerprint density at radius 1 is 1.34 bits per heavy atom. The molecule has 3 rings (SSSR count). The molecule has 0 unspecified atom stereocenters. The van der Waals surface area contributed by atoms with Crippen molar-refractivity contribution >= 4 is 22.7 Å². The minimum atomic E-state index is 0.401. The van der Waals surface area contributed by atoms with Gasteiger partial charge < -0.3 is 15.0 Å². The lowest BCUT2D eigenvalue weighted by atomic mass is 10.2. The first-order chi connectivity index (χ1) is 13.9. The van der Waals surface area contributed by atoms with E-state index in [-0.39, 0.29) is 0 Å². The van der Waals surface area contributed by atoms with Crippen LogP contribution in [0.2, 0.25) is 0 Å². The molecule has 0 aliphatic rings. The molecule has 0 aromatic carbocycles. The van der Waals surface area contributed by atoms with E-state index >= 15 is 0 Å². The van der Waals surface area contributed by atoms with E-state index in [2.05, 4.69) is 39.5 Å². The summed E-state index contributed by atoms with van der Waals surface area (Å²) >= 11 is 0. The Morgan fingerprint density at radius 3 is 2.83 bits per heavy atom. The van der Waals surface area contributed by atoms with Gasteiger partial charge in [-0.2, -0.15) is 10.2 Å². The summed E-state index contributed by atoms with van der Waals surface area (Å²) in [5.41, 5.74) is 3.34. The van der Waals surface area contributed by atoms with Gasteiger partial charge in [0.2, 0.25) is 0 Å². The van der Waals surface area contributed by atoms with Crippen molar-refractivity contribution in [2.24, 2.45) is 7.05 Å². The number of hydrogen-bond donors (Lipinski definition) is 1. The van der Waals surface area contributed by atoms with Gasteiger partial charge in [0.25, 0.3) is 0 Å². The number of anilines is 2. The smallest absolute Gasteiger partial charge is 0.303 e. The number of nitriles is 1. The number of ether oxygens (including phenoxy) is 1. The van der Waals surface area contributed by atoms with Crippen molar-refractivity contribution in [2.45, 2.75) is 0 Å². The van der Waals surface area contributed by atoms with Crippen molar-refractivity contribution in [3.05, 3.63) is 72.9 Å². The van der Waals surface area contributed by atoms with Crippen LogP contribution in [0.1, 0.15) is 5.56 Å². The number of nitrogens with zero attached hydrogens (tertiary/aromatic N) is 6. The van der Waals surface area contributed by atoms with Crippen LogP contribution >= 0.6 is 0 Å². The number of aryl methyl sites for hydroxylation is 1. The summed E-state index contributed by atoms with van der Waals surface area (Å²) in [6.45, 7) is 7.97. The predicted molar refractivity (Wildman–Crippen MR) is 113 cm³/mol. The summed E-state index contributed by atoms with van der Waals surface area (Å²) in [6, 6.07) is 7.90. The summed E-state index contributed by atoms with van der Waals surface area (Å²) in [4.78, 5) is 14.8. The molecule has 0 saturated heterocycles. The fourth-order valence-corrected chi connectivity index (χ4v) is 2.65. The highest BCUT2D eigenvalue weighted by Crippen LogP contribution is 2.26. The summed E-state index contributed by atoms with van der Waals surface area (Å²) < 4.78 is 7.51. The fourth-order valence-electron chi connectivity index (χ4n) is 2.65. The lowest BCUT2D eigenvalue weighted by Crippen LogP contribution is -2.17. The van der Waals surface area contributed by atoms with Gasteiger partial charge in [-0.05, 0) is 30.4 Å². The maximum absolute atomic E-state index is 9.03. The van der Waals surface area contributed by atoms with Gasteiger partial charge in [-0.3, -0.25) is 4.57 Å². The van der Waals surface area contributed by atoms with E-state index in [1.54, 1.807) is 40.9 Å². The molecule has 0 radical (unpaired) electrons. The molecule has 0 bridgehead atoms. The van der Waals surface area contributed by atoms with Crippen LogP contribution in [0, 0.1) is 11.3 Å². The minimum Gasteiger partial charge on any atom is -0.426 e. The third-order valence-electron chi connectivity index (χ3n) is 4.28. The second-order valence-electron chi connectivity index (χ2n) is 6.21. The van der Waals surface area contributed by atoms with Gasteiger partial charge in [-0.15, -0.1) is 0 Å². The highest BCUT2D eigenvalue weighted by Gasteiger charge is 2.12. The van der Waals surface area contributed by atoms with Crippen LogP contribution in [0.15, 0.2) is 67.4 Å². The molecule has 8 nitrogen and oxygen atoms in total. The topological polar surface area (TPSA) is 91.9 Å². The van der Waals surface area contributed by atoms with Gasteiger partial charge in [-0.25, -0.2) is 9.97 Å². The van der Waals surface area contributed by atoms with E-state index in [9.17, 15) is 0 Å². The van der Waals surface area contributed by atoms with E-state index in [4.69, 9.17) is 10.00 Å². The second kappa shape index (κ2) is 8.27. The molecular weight excluding hydrogens is 366 g/mol. The molecule has 0 atom stereocenters. The number of imidazole rings is 1. The highest BCUT2D eigenvalue weighted by molar-refractivity contribution is 5.72. The SMILES string of the molecule is C=C(/C=C\C(=C)N(C)c1ncc(C#N)cc1NC)Oc1nc2cccnc2n1C. The maximum Gasteiger partial charge on any atom is 0.303 e. The van der Waals surface area contributed by atoms with Gasteiger partial charge >= 0.3 is 6.01 Å². The zero-order valence-electron chi connectivity index (χ0n) is 16.5. The Hall–Kier alpha value is -4.12. The Morgan fingerprint density at radius 2 is 2.14 bits per heavy atom. The molecule has 146 valence electrons. The third kappa shape index (κ3) is 4.09. The van der Waals surface area contributed by atoms with E-state index in [1.807, 2.05) is 26.2 Å². The monoisotopic (exact) mass is 387 g/mol. The number of pyridine rings is 2. The van der Waals surface area contributed by atoms with Crippen LogP contribution in [0.25, 0.3) is 11.2 Å². The summed E-state index contributed by atoms with van der Waals surface area (Å²) in [5.74, 6) is 1.05. The van der Waals surface area contributed by atoms with Crippen LogP contribution < -0.4 is 15.0 Å². The number of hydrogen-bond acceptors (Lipinski definition) is 7. The van der Waals surface area contributed by atoms with Crippen molar-refractivity contribution in [2.75, 3.05) is 24.3 Å². The van der Waals surface area contributed by atoms with Crippen molar-refractivity contribution in [3.63, 3.8) is 0 Å². The molecule has 1 N–H and O–H groups in total. The molecule has 0 fully saturated rings. The van der Waals surface area contributed by atoms with Crippen LogP contribution in [-0.4, -0.2) is 33.6 Å². The summed E-state index contributed by atoms with van der Waals surface area (Å²) in [5, 5.41) is 12.1. The summed E-state index contributed by atoms with van der Waals surface area (Å²) in [6.07, 6.45) is 6.70. The van der Waals surface area contributed by atoms with Crippen molar-refractivity contribution < 1.29 is 4.74 Å².